The zero-order chi connectivity index (χ0) is 28.8. The predicted octanol–water partition coefficient (Wildman–Crippen LogP) is 4.89. The molecule has 5 rings (SSSR count). The number of nitrogens with one attached hydrogen (secondary N) is 1. The van der Waals surface area contributed by atoms with Crippen LogP contribution < -0.4 is 10.1 Å². The van der Waals surface area contributed by atoms with Crippen molar-refractivity contribution in [1.29, 1.82) is 0 Å². The fraction of sp³-hybridized carbons (Fsp3) is 0.321. The van der Waals surface area contributed by atoms with Crippen molar-refractivity contribution in [3.05, 3.63) is 88.4 Å². The fourth-order valence-electron chi connectivity index (χ4n) is 4.62. The lowest BCUT2D eigenvalue weighted by Crippen LogP contribution is -2.24. The van der Waals surface area contributed by atoms with Crippen LogP contribution in [0.25, 0.3) is 0 Å². The van der Waals surface area contributed by atoms with Gasteiger partial charge in [0, 0.05) is 24.2 Å². The molecule has 41 heavy (non-hydrogen) atoms. The molecule has 4 aromatic rings. The molecule has 0 aliphatic heterocycles. The van der Waals surface area contributed by atoms with Gasteiger partial charge in [0.15, 0.2) is 0 Å². The van der Waals surface area contributed by atoms with E-state index in [2.05, 4.69) is 35.4 Å². The van der Waals surface area contributed by atoms with Gasteiger partial charge in [-0.25, -0.2) is 0 Å². The Balaban J connectivity index is 1.04. The lowest BCUT2D eigenvalue weighted by Gasteiger charge is -2.33. The molecule has 1 aromatic carbocycles. The van der Waals surface area contributed by atoms with E-state index >= 15 is 0 Å². The fourth-order valence-corrected chi connectivity index (χ4v) is 5.50. The standard InChI is InChI=1S/C28H25F3N6O3S/c29-28(30,31)40-24-6-3-4-17(14-24)13-23(38)15-22-8-7-21(34-35-22)12-18-10-19(11-18)26-36-37-27(41-26)33-25(39)16-20-5-1-2-9-32-20/h1-9,14,18-19H,10-13,15-16H2,(H,33,37,39). The first-order valence-corrected chi connectivity index (χ1v) is 13.7. The Morgan fingerprint density at radius 1 is 0.902 bits per heavy atom. The normalized spacial score (nSPS) is 16.6. The number of anilines is 1. The quantitative estimate of drug-likeness (QED) is 0.265. The Morgan fingerprint density at radius 2 is 1.71 bits per heavy atom. The van der Waals surface area contributed by atoms with Crippen LogP contribution in [0.1, 0.15) is 46.4 Å². The third-order valence-corrected chi connectivity index (χ3v) is 7.53. The highest BCUT2D eigenvalue weighted by molar-refractivity contribution is 7.15. The predicted molar refractivity (Wildman–Crippen MR) is 143 cm³/mol. The minimum absolute atomic E-state index is 0.0287. The number of ether oxygens (including phenoxy) is 1. The first kappa shape index (κ1) is 28.3. The molecule has 3 aromatic heterocycles. The summed E-state index contributed by atoms with van der Waals surface area (Å²) in [6.45, 7) is 0. The van der Waals surface area contributed by atoms with Crippen LogP contribution in [0.5, 0.6) is 5.75 Å². The van der Waals surface area contributed by atoms with Gasteiger partial charge in [0.25, 0.3) is 0 Å². The number of nitrogens with zero attached hydrogens (tertiary/aromatic N) is 5. The average Bonchev–Trinajstić information content (AvgIpc) is 3.34. The van der Waals surface area contributed by atoms with Crippen LogP contribution >= 0.6 is 11.3 Å². The van der Waals surface area contributed by atoms with Gasteiger partial charge in [-0.15, -0.1) is 23.4 Å². The molecule has 0 atom stereocenters. The van der Waals surface area contributed by atoms with Crippen molar-refractivity contribution >= 4 is 28.2 Å². The molecular weight excluding hydrogens is 557 g/mol. The topological polar surface area (TPSA) is 120 Å². The number of benzene rings is 1. The van der Waals surface area contributed by atoms with Crippen molar-refractivity contribution < 1.29 is 27.5 Å². The summed E-state index contributed by atoms with van der Waals surface area (Å²) in [5.41, 5.74) is 2.43. The van der Waals surface area contributed by atoms with Gasteiger partial charge in [-0.1, -0.05) is 29.5 Å². The van der Waals surface area contributed by atoms with Gasteiger partial charge in [-0.3, -0.25) is 14.6 Å². The Kier molecular flexibility index (Phi) is 8.62. The first-order valence-electron chi connectivity index (χ1n) is 12.9. The smallest absolute Gasteiger partial charge is 0.406 e. The van der Waals surface area contributed by atoms with Gasteiger partial charge in [0.1, 0.15) is 16.5 Å². The van der Waals surface area contributed by atoms with Gasteiger partial charge in [-0.2, -0.15) is 10.2 Å². The maximum Gasteiger partial charge on any atom is 0.573 e. The molecule has 212 valence electrons. The summed E-state index contributed by atoms with van der Waals surface area (Å²) in [5.74, 6) is -0.0447. The number of rotatable bonds is 11. The Hall–Kier alpha value is -4.26. The van der Waals surface area contributed by atoms with Crippen LogP contribution in [0.3, 0.4) is 0 Å². The monoisotopic (exact) mass is 582 g/mol. The van der Waals surface area contributed by atoms with Crippen molar-refractivity contribution in [2.45, 2.75) is 50.8 Å². The first-order chi connectivity index (χ1) is 19.7. The summed E-state index contributed by atoms with van der Waals surface area (Å²) in [4.78, 5) is 28.8. The SMILES string of the molecule is O=C(Cc1cccc(OC(F)(F)F)c1)Cc1ccc(CC2CC(c3nnc(NC(=O)Cc4ccccn4)s3)C2)nn1. The zero-order valence-corrected chi connectivity index (χ0v) is 22.5. The number of halogens is 3. The maximum absolute atomic E-state index is 12.4. The molecule has 1 aliphatic carbocycles. The van der Waals surface area contributed by atoms with E-state index in [-0.39, 0.29) is 42.6 Å². The third-order valence-electron chi connectivity index (χ3n) is 6.52. The Morgan fingerprint density at radius 3 is 2.44 bits per heavy atom. The summed E-state index contributed by atoms with van der Waals surface area (Å²) < 4.78 is 41.2. The Labute approximate surface area is 237 Å². The zero-order valence-electron chi connectivity index (χ0n) is 21.7. The van der Waals surface area contributed by atoms with E-state index < -0.39 is 6.36 Å². The highest BCUT2D eigenvalue weighted by atomic mass is 32.1. The lowest BCUT2D eigenvalue weighted by atomic mass is 9.73. The minimum Gasteiger partial charge on any atom is -0.406 e. The molecular formula is C28H25F3N6O3S. The molecule has 0 bridgehead atoms. The number of amides is 1. The van der Waals surface area contributed by atoms with Crippen molar-refractivity contribution in [2.75, 3.05) is 5.32 Å². The molecule has 1 amide bonds. The van der Waals surface area contributed by atoms with Crippen molar-refractivity contribution in [2.24, 2.45) is 5.92 Å². The molecule has 1 fully saturated rings. The second-order valence-corrected chi connectivity index (χ2v) is 10.8. The molecule has 0 unspecified atom stereocenters. The number of pyridine rings is 1. The minimum atomic E-state index is -4.79. The van der Waals surface area contributed by atoms with Crippen molar-refractivity contribution in [3.8, 4) is 5.75 Å². The number of hydrogen-bond acceptors (Lipinski definition) is 9. The van der Waals surface area contributed by atoms with Crippen LogP contribution in [-0.4, -0.2) is 43.4 Å². The van der Waals surface area contributed by atoms with E-state index in [0.717, 1.165) is 30.0 Å². The number of aromatic nitrogens is 5. The molecule has 13 heteroatoms. The van der Waals surface area contributed by atoms with E-state index in [0.29, 0.717) is 28.0 Å². The van der Waals surface area contributed by atoms with E-state index in [1.807, 2.05) is 12.1 Å². The molecule has 9 nitrogen and oxygen atoms in total. The summed E-state index contributed by atoms with van der Waals surface area (Å²) in [5, 5.41) is 20.9. The van der Waals surface area contributed by atoms with Gasteiger partial charge < -0.3 is 10.1 Å². The molecule has 0 saturated heterocycles. The number of carbonyl (C=O) groups is 2. The number of Topliss-reactive ketones (excluding diaryl/α,β-unsaturated/α-hetero) is 1. The average molecular weight is 583 g/mol. The largest absolute Gasteiger partial charge is 0.573 e. The third kappa shape index (κ3) is 8.37. The van der Waals surface area contributed by atoms with E-state index in [1.165, 1.54) is 29.5 Å². The number of ketones is 1. The van der Waals surface area contributed by atoms with E-state index in [4.69, 9.17) is 0 Å². The number of carbonyl (C=O) groups excluding carboxylic acids is 2. The van der Waals surface area contributed by atoms with Gasteiger partial charge in [0.05, 0.1) is 24.2 Å². The van der Waals surface area contributed by atoms with Gasteiger partial charge in [-0.05, 0) is 67.1 Å². The summed E-state index contributed by atoms with van der Waals surface area (Å²) >= 11 is 1.38. The van der Waals surface area contributed by atoms with Crippen molar-refractivity contribution in [1.82, 2.24) is 25.4 Å². The molecule has 0 spiro atoms. The molecule has 0 radical (unpaired) electrons. The molecule has 3 heterocycles. The highest BCUT2D eigenvalue weighted by Crippen LogP contribution is 2.44. The summed E-state index contributed by atoms with van der Waals surface area (Å²) in [6.07, 6.45) is -0.384. The number of alkyl halides is 3. The van der Waals surface area contributed by atoms with Crippen LogP contribution in [0.2, 0.25) is 0 Å². The van der Waals surface area contributed by atoms with Crippen LogP contribution in [-0.2, 0) is 35.3 Å². The van der Waals surface area contributed by atoms with Gasteiger partial charge in [0.2, 0.25) is 11.0 Å². The number of hydrogen-bond donors (Lipinski definition) is 1. The van der Waals surface area contributed by atoms with E-state index in [9.17, 15) is 22.8 Å². The summed E-state index contributed by atoms with van der Waals surface area (Å²) in [6, 6.07) is 14.4. The van der Waals surface area contributed by atoms with Crippen LogP contribution in [0.4, 0.5) is 18.3 Å². The maximum atomic E-state index is 12.4. The van der Waals surface area contributed by atoms with Crippen molar-refractivity contribution in [3.63, 3.8) is 0 Å². The van der Waals surface area contributed by atoms with Gasteiger partial charge >= 0.3 is 6.36 Å². The van der Waals surface area contributed by atoms with Crippen LogP contribution in [0.15, 0.2) is 60.8 Å². The highest BCUT2D eigenvalue weighted by Gasteiger charge is 2.33. The summed E-state index contributed by atoms with van der Waals surface area (Å²) in [7, 11) is 0. The second-order valence-electron chi connectivity index (χ2n) is 9.83. The second kappa shape index (κ2) is 12.5. The van der Waals surface area contributed by atoms with Crippen LogP contribution in [0, 0.1) is 5.92 Å². The molecule has 1 aliphatic rings. The molecule has 1 N–H and O–H groups in total. The lowest BCUT2D eigenvalue weighted by molar-refractivity contribution is -0.274. The Bertz CT molecular complexity index is 1490. The molecule has 1 saturated carbocycles. The van der Waals surface area contributed by atoms with E-state index in [1.54, 1.807) is 30.5 Å².